The summed E-state index contributed by atoms with van der Waals surface area (Å²) in [5, 5.41) is 11.0. The van der Waals surface area contributed by atoms with Crippen LogP contribution in [0.3, 0.4) is 0 Å². The molecule has 5 aliphatic carbocycles. The highest BCUT2D eigenvalue weighted by Crippen LogP contribution is 2.76. The Kier molecular flexibility index (Phi) is 4.98. The standard InChI is InChI=1S/C30H50O/c1-20(2)21-9-12-25-27(21,5)17-18-28(6)22-10-11-24-26(3,4)14-8-15-30(24,19-31)23(22)13-16-29(25,28)7/h10,20-21,23-25,31H,8-9,11-19H2,1-7H3. The molecule has 5 rings (SSSR count). The van der Waals surface area contributed by atoms with Gasteiger partial charge in [0.05, 0.1) is 0 Å². The third-order valence-electron chi connectivity index (χ3n) is 13.0. The lowest BCUT2D eigenvalue weighted by Crippen LogP contribution is -2.62. The fraction of sp³-hybridized carbons (Fsp3) is 0.933. The van der Waals surface area contributed by atoms with E-state index in [-0.39, 0.29) is 5.41 Å². The van der Waals surface area contributed by atoms with Crippen molar-refractivity contribution in [2.45, 2.75) is 113 Å². The molecule has 4 saturated carbocycles. The Hall–Kier alpha value is -0.300. The quantitative estimate of drug-likeness (QED) is 0.443. The maximum absolute atomic E-state index is 11.0. The zero-order chi connectivity index (χ0) is 22.4. The molecule has 31 heavy (non-hydrogen) atoms. The monoisotopic (exact) mass is 426 g/mol. The first-order valence-corrected chi connectivity index (χ1v) is 13.8. The molecular weight excluding hydrogens is 376 g/mol. The fourth-order valence-corrected chi connectivity index (χ4v) is 11.3. The Labute approximate surface area is 192 Å². The lowest BCUT2D eigenvalue weighted by Gasteiger charge is -2.69. The largest absolute Gasteiger partial charge is 0.396 e. The van der Waals surface area contributed by atoms with E-state index >= 15 is 0 Å². The maximum atomic E-state index is 11.0. The third-order valence-corrected chi connectivity index (χ3v) is 13.0. The average Bonchev–Trinajstić information content (AvgIpc) is 3.07. The molecule has 1 nitrogen and oxygen atoms in total. The molecule has 0 radical (unpaired) electrons. The summed E-state index contributed by atoms with van der Waals surface area (Å²) in [6.45, 7) is 18.4. The van der Waals surface area contributed by atoms with E-state index in [1.807, 2.05) is 0 Å². The van der Waals surface area contributed by atoms with Gasteiger partial charge in [0.25, 0.3) is 0 Å². The molecule has 0 aromatic heterocycles. The van der Waals surface area contributed by atoms with Crippen LogP contribution in [0.1, 0.15) is 113 Å². The predicted octanol–water partition coefficient (Wildman–Crippen LogP) is 8.03. The van der Waals surface area contributed by atoms with Crippen LogP contribution in [0.5, 0.6) is 0 Å². The van der Waals surface area contributed by atoms with Crippen molar-refractivity contribution in [2.75, 3.05) is 6.61 Å². The minimum absolute atomic E-state index is 0.146. The molecule has 8 unspecified atom stereocenters. The second-order valence-electron chi connectivity index (χ2n) is 14.5. The van der Waals surface area contributed by atoms with Crippen molar-refractivity contribution in [1.29, 1.82) is 0 Å². The highest BCUT2D eigenvalue weighted by Gasteiger charge is 2.68. The van der Waals surface area contributed by atoms with Gasteiger partial charge in [-0.1, -0.05) is 66.5 Å². The predicted molar refractivity (Wildman–Crippen MR) is 131 cm³/mol. The zero-order valence-corrected chi connectivity index (χ0v) is 21.7. The van der Waals surface area contributed by atoms with Crippen molar-refractivity contribution in [3.05, 3.63) is 11.6 Å². The van der Waals surface area contributed by atoms with Gasteiger partial charge in [0.2, 0.25) is 0 Å². The summed E-state index contributed by atoms with van der Waals surface area (Å²) in [4.78, 5) is 0. The van der Waals surface area contributed by atoms with Crippen molar-refractivity contribution in [3.8, 4) is 0 Å². The van der Waals surface area contributed by atoms with Gasteiger partial charge in [-0.15, -0.1) is 0 Å². The molecule has 0 saturated heterocycles. The van der Waals surface area contributed by atoms with E-state index in [0.29, 0.717) is 40.1 Å². The van der Waals surface area contributed by atoms with Gasteiger partial charge in [-0.05, 0) is 109 Å². The number of hydrogen-bond acceptors (Lipinski definition) is 1. The van der Waals surface area contributed by atoms with Gasteiger partial charge in [0.15, 0.2) is 0 Å². The Morgan fingerprint density at radius 1 is 0.903 bits per heavy atom. The number of allylic oxidation sites excluding steroid dienone is 2. The minimum atomic E-state index is 0.146. The summed E-state index contributed by atoms with van der Waals surface area (Å²) in [6.07, 6.45) is 16.2. The SMILES string of the molecule is CC(C)C1CCC2C1(C)CCC1(C)C3=CCC4C(C)(C)CCCC4(CO)C3CCC21C. The van der Waals surface area contributed by atoms with Crippen LogP contribution in [0, 0.1) is 56.7 Å². The molecule has 4 fully saturated rings. The molecule has 0 aromatic carbocycles. The molecule has 0 aromatic rings. The van der Waals surface area contributed by atoms with Crippen LogP contribution in [0.15, 0.2) is 11.6 Å². The van der Waals surface area contributed by atoms with Gasteiger partial charge in [0, 0.05) is 12.0 Å². The summed E-state index contributed by atoms with van der Waals surface area (Å²) in [5.41, 5.74) is 3.62. The molecule has 0 heterocycles. The van der Waals surface area contributed by atoms with Crippen LogP contribution in [0.2, 0.25) is 0 Å². The van der Waals surface area contributed by atoms with Crippen LogP contribution in [0.4, 0.5) is 0 Å². The second-order valence-corrected chi connectivity index (χ2v) is 14.5. The van der Waals surface area contributed by atoms with E-state index in [0.717, 1.165) is 17.8 Å². The lowest BCUT2D eigenvalue weighted by atomic mass is 9.35. The van der Waals surface area contributed by atoms with E-state index in [1.165, 1.54) is 64.2 Å². The second kappa shape index (κ2) is 6.86. The normalized spacial score (nSPS) is 53.3. The fourth-order valence-electron chi connectivity index (χ4n) is 11.3. The number of fused-ring (bicyclic) bond motifs is 7. The van der Waals surface area contributed by atoms with E-state index in [4.69, 9.17) is 0 Å². The molecule has 0 amide bonds. The van der Waals surface area contributed by atoms with Gasteiger partial charge < -0.3 is 5.11 Å². The molecule has 0 aliphatic heterocycles. The van der Waals surface area contributed by atoms with Crippen LogP contribution < -0.4 is 0 Å². The summed E-state index contributed by atoms with van der Waals surface area (Å²) in [6, 6.07) is 0. The lowest BCUT2D eigenvalue weighted by molar-refractivity contribution is -0.156. The number of hydrogen-bond donors (Lipinski definition) is 1. The maximum Gasteiger partial charge on any atom is 0.0496 e. The Balaban J connectivity index is 1.57. The van der Waals surface area contributed by atoms with E-state index in [9.17, 15) is 5.11 Å². The third kappa shape index (κ3) is 2.65. The first kappa shape index (κ1) is 22.5. The smallest absolute Gasteiger partial charge is 0.0496 e. The molecule has 176 valence electrons. The van der Waals surface area contributed by atoms with Crippen LogP contribution >= 0.6 is 0 Å². The number of aliphatic hydroxyl groups is 1. The van der Waals surface area contributed by atoms with Gasteiger partial charge in [-0.25, -0.2) is 0 Å². The molecule has 8 atom stereocenters. The van der Waals surface area contributed by atoms with Crippen LogP contribution in [0.25, 0.3) is 0 Å². The van der Waals surface area contributed by atoms with Gasteiger partial charge in [-0.3, -0.25) is 0 Å². The van der Waals surface area contributed by atoms with E-state index in [1.54, 1.807) is 5.57 Å². The summed E-state index contributed by atoms with van der Waals surface area (Å²) < 4.78 is 0. The van der Waals surface area contributed by atoms with E-state index < -0.39 is 0 Å². The number of aliphatic hydroxyl groups excluding tert-OH is 1. The zero-order valence-electron chi connectivity index (χ0n) is 21.7. The molecule has 1 N–H and O–H groups in total. The Morgan fingerprint density at radius 2 is 1.65 bits per heavy atom. The van der Waals surface area contributed by atoms with Gasteiger partial charge in [-0.2, -0.15) is 0 Å². The summed E-state index contributed by atoms with van der Waals surface area (Å²) >= 11 is 0. The van der Waals surface area contributed by atoms with Gasteiger partial charge >= 0.3 is 0 Å². The first-order chi connectivity index (χ1) is 14.5. The molecule has 0 spiro atoms. The molecular formula is C30H50O. The molecule has 1 heteroatoms. The van der Waals surface area contributed by atoms with Crippen LogP contribution in [-0.2, 0) is 0 Å². The highest BCUT2D eigenvalue weighted by molar-refractivity contribution is 5.34. The van der Waals surface area contributed by atoms with Gasteiger partial charge in [0.1, 0.15) is 0 Å². The molecule has 0 bridgehead atoms. The highest BCUT2D eigenvalue weighted by atomic mass is 16.3. The topological polar surface area (TPSA) is 20.2 Å². The van der Waals surface area contributed by atoms with E-state index in [2.05, 4.69) is 54.5 Å². The first-order valence-electron chi connectivity index (χ1n) is 13.8. The van der Waals surface area contributed by atoms with Crippen molar-refractivity contribution in [1.82, 2.24) is 0 Å². The summed E-state index contributed by atoms with van der Waals surface area (Å²) in [5.74, 6) is 3.88. The van der Waals surface area contributed by atoms with Crippen molar-refractivity contribution < 1.29 is 5.11 Å². The Bertz CT molecular complexity index is 762. The average molecular weight is 427 g/mol. The molecule has 5 aliphatic rings. The Morgan fingerprint density at radius 3 is 2.32 bits per heavy atom. The van der Waals surface area contributed by atoms with Crippen molar-refractivity contribution >= 4 is 0 Å². The van der Waals surface area contributed by atoms with Crippen molar-refractivity contribution in [2.24, 2.45) is 56.7 Å². The van der Waals surface area contributed by atoms with Crippen LogP contribution in [-0.4, -0.2) is 11.7 Å². The number of rotatable bonds is 2. The van der Waals surface area contributed by atoms with Crippen molar-refractivity contribution in [3.63, 3.8) is 0 Å². The minimum Gasteiger partial charge on any atom is -0.396 e. The summed E-state index contributed by atoms with van der Waals surface area (Å²) in [7, 11) is 0.